The molecule has 0 saturated carbocycles. The molecule has 1 aromatic carbocycles. The molecule has 9 heteroatoms. The minimum absolute atomic E-state index is 0.292. The second kappa shape index (κ2) is 6.60. The third kappa shape index (κ3) is 3.66. The summed E-state index contributed by atoms with van der Waals surface area (Å²) in [4.78, 5) is 36.5. The molecule has 2 atom stereocenters. The number of nitrogens with one attached hydrogen (secondary N) is 1. The number of alkyl halides is 2. The second-order valence-corrected chi connectivity index (χ2v) is 5.56. The van der Waals surface area contributed by atoms with E-state index in [1.54, 1.807) is 18.2 Å². The highest BCUT2D eigenvalue weighted by molar-refractivity contribution is 5.89. The zero-order chi connectivity index (χ0) is 18.0. The number of carbonyl (C=O) groups excluding carboxylic acids is 1. The van der Waals surface area contributed by atoms with Gasteiger partial charge >= 0.3 is 11.7 Å². The van der Waals surface area contributed by atoms with Crippen molar-refractivity contribution in [2.75, 3.05) is 6.61 Å². The lowest BCUT2D eigenvalue weighted by atomic mass is 10.2. The number of aromatic nitrogens is 2. The van der Waals surface area contributed by atoms with Crippen LogP contribution in [0.4, 0.5) is 8.78 Å². The van der Waals surface area contributed by atoms with Crippen molar-refractivity contribution in [3.63, 3.8) is 0 Å². The molecule has 2 aromatic rings. The maximum Gasteiger partial charge on any atom is 0.338 e. The number of aromatic amines is 1. The van der Waals surface area contributed by atoms with Crippen LogP contribution in [-0.2, 0) is 9.47 Å². The lowest BCUT2D eigenvalue weighted by molar-refractivity contribution is -0.120. The Bertz CT molecular complexity index is 878. The van der Waals surface area contributed by atoms with Gasteiger partial charge in [0, 0.05) is 18.7 Å². The summed E-state index contributed by atoms with van der Waals surface area (Å²) in [6.07, 6.45) is -2.73. The predicted octanol–water partition coefficient (Wildman–Crippen LogP) is 1.32. The average Bonchev–Trinajstić information content (AvgIpc) is 2.88. The standard InChI is InChI=1S/C16H14F2N2O5/c17-16(18)8-11(9-24-13(22)10-4-2-1-3-5-10)25-14(16)20-7-6-12(21)19-15(20)23/h1-7,11,14H,8-9H2,(H,19,21,23)/t11-,14+/m0/s1. The van der Waals surface area contributed by atoms with Crippen molar-refractivity contribution in [2.24, 2.45) is 0 Å². The van der Waals surface area contributed by atoms with Crippen molar-refractivity contribution in [1.82, 2.24) is 9.55 Å². The number of H-pyrrole nitrogens is 1. The molecule has 7 nitrogen and oxygen atoms in total. The van der Waals surface area contributed by atoms with E-state index < -0.39 is 41.9 Å². The summed E-state index contributed by atoms with van der Waals surface area (Å²) >= 11 is 0. The number of benzene rings is 1. The van der Waals surface area contributed by atoms with Crippen molar-refractivity contribution in [2.45, 2.75) is 24.7 Å². The van der Waals surface area contributed by atoms with Crippen LogP contribution in [0.5, 0.6) is 0 Å². The van der Waals surface area contributed by atoms with E-state index in [1.807, 2.05) is 4.98 Å². The molecule has 1 saturated heterocycles. The zero-order valence-electron chi connectivity index (χ0n) is 12.9. The number of halogens is 2. The third-order valence-corrected chi connectivity index (χ3v) is 3.70. The molecule has 1 fully saturated rings. The Morgan fingerprint density at radius 1 is 1.28 bits per heavy atom. The van der Waals surface area contributed by atoms with Crippen molar-refractivity contribution >= 4 is 5.97 Å². The fourth-order valence-electron chi connectivity index (χ4n) is 2.54. The maximum absolute atomic E-state index is 14.2. The van der Waals surface area contributed by atoms with Crippen LogP contribution in [0.25, 0.3) is 0 Å². The van der Waals surface area contributed by atoms with Crippen LogP contribution in [0.1, 0.15) is 23.0 Å². The van der Waals surface area contributed by atoms with E-state index in [4.69, 9.17) is 9.47 Å². The first-order valence-electron chi connectivity index (χ1n) is 7.44. The first kappa shape index (κ1) is 17.0. The lowest BCUT2D eigenvalue weighted by Crippen LogP contribution is -2.37. The SMILES string of the molecule is O=C(OC[C@@H]1CC(F)(F)[C@H](n2ccc(=O)[nH]c2=O)O1)c1ccccc1. The minimum atomic E-state index is -3.36. The van der Waals surface area contributed by atoms with Gasteiger partial charge < -0.3 is 9.47 Å². The first-order chi connectivity index (χ1) is 11.9. The molecule has 0 radical (unpaired) electrons. The van der Waals surface area contributed by atoms with Crippen molar-refractivity contribution in [1.29, 1.82) is 0 Å². The second-order valence-electron chi connectivity index (χ2n) is 5.56. The Hall–Kier alpha value is -2.81. The molecule has 0 unspecified atom stereocenters. The maximum atomic E-state index is 14.2. The quantitative estimate of drug-likeness (QED) is 0.838. The normalized spacial score (nSPS) is 21.8. The van der Waals surface area contributed by atoms with Crippen LogP contribution in [0, 0.1) is 0 Å². The van der Waals surface area contributed by atoms with Crippen molar-refractivity contribution in [3.05, 3.63) is 69.0 Å². The molecule has 0 aliphatic carbocycles. The van der Waals surface area contributed by atoms with Gasteiger partial charge in [-0.2, -0.15) is 0 Å². The molecule has 0 spiro atoms. The summed E-state index contributed by atoms with van der Waals surface area (Å²) in [5, 5.41) is 0. The molecular weight excluding hydrogens is 338 g/mol. The van der Waals surface area contributed by atoms with Gasteiger partial charge in [0.05, 0.1) is 5.56 Å². The Balaban J connectivity index is 1.69. The molecule has 0 amide bonds. The summed E-state index contributed by atoms with van der Waals surface area (Å²) in [5.74, 6) is -4.01. The van der Waals surface area contributed by atoms with Crippen LogP contribution in [0.15, 0.2) is 52.2 Å². The summed E-state index contributed by atoms with van der Waals surface area (Å²) in [5.41, 5.74) is -1.41. The lowest BCUT2D eigenvalue weighted by Gasteiger charge is -2.19. The topological polar surface area (TPSA) is 90.4 Å². The molecular formula is C16H14F2N2O5. The van der Waals surface area contributed by atoms with Gasteiger partial charge in [0.15, 0.2) is 0 Å². The number of nitrogens with zero attached hydrogens (tertiary/aromatic N) is 1. The fourth-order valence-corrected chi connectivity index (χ4v) is 2.54. The van der Waals surface area contributed by atoms with Crippen LogP contribution in [0.2, 0.25) is 0 Å². The highest BCUT2D eigenvalue weighted by Gasteiger charge is 2.52. The van der Waals surface area contributed by atoms with E-state index in [9.17, 15) is 23.2 Å². The first-order valence-corrected chi connectivity index (χ1v) is 7.44. The van der Waals surface area contributed by atoms with Gasteiger partial charge in [0.25, 0.3) is 11.5 Å². The van der Waals surface area contributed by atoms with E-state index in [0.717, 1.165) is 12.3 Å². The Morgan fingerprint density at radius 3 is 2.68 bits per heavy atom. The molecule has 3 rings (SSSR count). The molecule has 1 N–H and O–H groups in total. The van der Waals surface area contributed by atoms with Gasteiger partial charge in [-0.05, 0) is 12.1 Å². The Morgan fingerprint density at radius 2 is 2.00 bits per heavy atom. The van der Waals surface area contributed by atoms with E-state index in [0.29, 0.717) is 10.1 Å². The Labute approximate surface area is 139 Å². The molecule has 1 aliphatic heterocycles. The van der Waals surface area contributed by atoms with Gasteiger partial charge in [0.2, 0.25) is 6.23 Å². The highest BCUT2D eigenvalue weighted by atomic mass is 19.3. The van der Waals surface area contributed by atoms with Gasteiger partial charge in [-0.15, -0.1) is 0 Å². The van der Waals surface area contributed by atoms with Gasteiger partial charge in [-0.25, -0.2) is 18.4 Å². The van der Waals surface area contributed by atoms with E-state index >= 15 is 0 Å². The number of rotatable bonds is 4. The van der Waals surface area contributed by atoms with Crippen molar-refractivity contribution < 1.29 is 23.0 Å². The average molecular weight is 352 g/mol. The number of carbonyl (C=O) groups is 1. The highest BCUT2D eigenvalue weighted by Crippen LogP contribution is 2.41. The van der Waals surface area contributed by atoms with E-state index in [1.165, 1.54) is 12.1 Å². The molecule has 2 heterocycles. The number of hydrogen-bond donors (Lipinski definition) is 1. The summed E-state index contributed by atoms with van der Waals surface area (Å²) in [7, 11) is 0. The molecule has 132 valence electrons. The van der Waals surface area contributed by atoms with Crippen LogP contribution in [-0.4, -0.2) is 34.2 Å². The smallest absolute Gasteiger partial charge is 0.338 e. The number of hydrogen-bond acceptors (Lipinski definition) is 5. The molecule has 1 aliphatic rings. The van der Waals surface area contributed by atoms with Crippen LogP contribution in [0.3, 0.4) is 0 Å². The Kier molecular flexibility index (Phi) is 4.49. The molecule has 1 aromatic heterocycles. The summed E-state index contributed by atoms with van der Waals surface area (Å²) in [6.45, 7) is -0.377. The van der Waals surface area contributed by atoms with Crippen LogP contribution < -0.4 is 11.2 Å². The number of esters is 1. The fraction of sp³-hybridized carbons (Fsp3) is 0.312. The van der Waals surface area contributed by atoms with Crippen molar-refractivity contribution in [3.8, 4) is 0 Å². The molecule has 0 bridgehead atoms. The van der Waals surface area contributed by atoms with Gasteiger partial charge in [0.1, 0.15) is 12.7 Å². The predicted molar refractivity (Wildman–Crippen MR) is 81.5 cm³/mol. The summed E-state index contributed by atoms with van der Waals surface area (Å²) < 4.78 is 39.1. The van der Waals surface area contributed by atoms with Crippen LogP contribution >= 0.6 is 0 Å². The third-order valence-electron chi connectivity index (χ3n) is 3.70. The largest absolute Gasteiger partial charge is 0.459 e. The minimum Gasteiger partial charge on any atom is -0.459 e. The van der Waals surface area contributed by atoms with Gasteiger partial charge in [-0.3, -0.25) is 14.3 Å². The van der Waals surface area contributed by atoms with E-state index in [-0.39, 0.29) is 6.61 Å². The summed E-state index contributed by atoms with van der Waals surface area (Å²) in [6, 6.07) is 9.04. The monoisotopic (exact) mass is 352 g/mol. The molecule has 25 heavy (non-hydrogen) atoms. The van der Waals surface area contributed by atoms with E-state index in [2.05, 4.69) is 0 Å². The van der Waals surface area contributed by atoms with Gasteiger partial charge in [-0.1, -0.05) is 18.2 Å². The zero-order valence-corrected chi connectivity index (χ0v) is 12.9. The number of ether oxygens (including phenoxy) is 2.